The molecule has 1 heterocycles. The average Bonchev–Trinajstić information content (AvgIpc) is 2.52. The molecule has 0 aromatic heterocycles. The molecule has 0 spiro atoms. The molecule has 1 fully saturated rings. The van der Waals surface area contributed by atoms with Crippen molar-refractivity contribution in [2.75, 3.05) is 6.61 Å². The van der Waals surface area contributed by atoms with E-state index < -0.39 is 23.1 Å². The van der Waals surface area contributed by atoms with E-state index in [1.165, 1.54) is 24.3 Å². The molecule has 1 aromatic rings. The summed E-state index contributed by atoms with van der Waals surface area (Å²) in [6.07, 6.45) is -1.22. The molecule has 3 atom stereocenters. The van der Waals surface area contributed by atoms with Gasteiger partial charge in [-0.15, -0.1) is 0 Å². The van der Waals surface area contributed by atoms with Gasteiger partial charge in [-0.1, -0.05) is 0 Å². The van der Waals surface area contributed by atoms with Crippen molar-refractivity contribution in [3.8, 4) is 0 Å². The minimum atomic E-state index is -0.927. The number of nitro benzene ring substituents is 1. The molecule has 2 rings (SSSR count). The normalized spacial score (nSPS) is 20.5. The van der Waals surface area contributed by atoms with Crippen LogP contribution in [0.4, 0.5) is 10.5 Å². The second-order valence-electron chi connectivity index (χ2n) is 5.44. The Morgan fingerprint density at radius 1 is 1.42 bits per heavy atom. The molecule has 1 amide bonds. The summed E-state index contributed by atoms with van der Waals surface area (Å²) >= 11 is 0. The molecule has 9 nitrogen and oxygen atoms in total. The van der Waals surface area contributed by atoms with Crippen LogP contribution in [0.3, 0.4) is 0 Å². The maximum atomic E-state index is 11.7. The molecule has 1 aliphatic rings. The van der Waals surface area contributed by atoms with Gasteiger partial charge in [0, 0.05) is 24.8 Å². The van der Waals surface area contributed by atoms with Gasteiger partial charge in [-0.3, -0.25) is 14.9 Å². The van der Waals surface area contributed by atoms with Gasteiger partial charge in [0.2, 0.25) is 5.91 Å². The maximum absolute atomic E-state index is 11.7. The standard InChI is InChI=1S/C15H18N2O7/c1-9(13-12(6-7-18)16-14(13)19)24-15(20)23-8-10-2-4-11(5-3-10)17(21)22/h2-5,9,12-13,18H,6-8H2,1H3,(H,16,19)/t9-,12+,13+/m0/s1. The lowest BCUT2D eigenvalue weighted by Gasteiger charge is -2.39. The Hall–Kier alpha value is -2.68. The van der Waals surface area contributed by atoms with Crippen molar-refractivity contribution in [1.29, 1.82) is 0 Å². The number of hydrogen-bond donors (Lipinski definition) is 2. The van der Waals surface area contributed by atoms with Crippen LogP contribution >= 0.6 is 0 Å². The van der Waals surface area contributed by atoms with E-state index in [0.717, 1.165) is 0 Å². The SMILES string of the molecule is C[C@H](OC(=O)OCc1ccc([N+](=O)[O-])cc1)[C@H]1C(=O)N[C@@H]1CCO. The van der Waals surface area contributed by atoms with Gasteiger partial charge in [0.25, 0.3) is 5.69 Å². The van der Waals surface area contributed by atoms with E-state index in [-0.39, 0.29) is 30.9 Å². The zero-order chi connectivity index (χ0) is 17.7. The van der Waals surface area contributed by atoms with E-state index in [4.69, 9.17) is 14.6 Å². The Labute approximate surface area is 137 Å². The van der Waals surface area contributed by atoms with Crippen molar-refractivity contribution in [2.24, 2.45) is 5.92 Å². The lowest BCUT2D eigenvalue weighted by Crippen LogP contribution is -2.62. The number of aliphatic hydroxyl groups is 1. The third-order valence-corrected chi connectivity index (χ3v) is 3.80. The summed E-state index contributed by atoms with van der Waals surface area (Å²) in [6.45, 7) is 1.42. The molecule has 1 aliphatic heterocycles. The summed E-state index contributed by atoms with van der Waals surface area (Å²) in [5.41, 5.74) is 0.519. The van der Waals surface area contributed by atoms with Crippen molar-refractivity contribution in [1.82, 2.24) is 5.32 Å². The van der Waals surface area contributed by atoms with Crippen LogP contribution in [0.5, 0.6) is 0 Å². The number of hydrogen-bond acceptors (Lipinski definition) is 7. The van der Waals surface area contributed by atoms with Gasteiger partial charge in [-0.05, 0) is 31.0 Å². The maximum Gasteiger partial charge on any atom is 0.508 e. The third kappa shape index (κ3) is 4.19. The number of aliphatic hydroxyl groups excluding tert-OH is 1. The van der Waals surface area contributed by atoms with Crippen molar-refractivity contribution >= 4 is 17.7 Å². The zero-order valence-corrected chi connectivity index (χ0v) is 13.0. The summed E-state index contributed by atoms with van der Waals surface area (Å²) in [7, 11) is 0. The highest BCUT2D eigenvalue weighted by Gasteiger charge is 2.44. The van der Waals surface area contributed by atoms with E-state index in [2.05, 4.69) is 5.32 Å². The Kier molecular flexibility index (Phi) is 5.69. The number of rotatable bonds is 7. The molecular weight excluding hydrogens is 320 g/mol. The summed E-state index contributed by atoms with van der Waals surface area (Å²) in [5.74, 6) is -0.742. The fourth-order valence-corrected chi connectivity index (χ4v) is 2.50. The minimum absolute atomic E-state index is 0.0548. The van der Waals surface area contributed by atoms with Crippen LogP contribution in [0.25, 0.3) is 0 Å². The summed E-state index contributed by atoms with van der Waals surface area (Å²) in [4.78, 5) is 33.2. The fraction of sp³-hybridized carbons (Fsp3) is 0.467. The first-order valence-electron chi connectivity index (χ1n) is 7.40. The molecule has 1 saturated heterocycles. The van der Waals surface area contributed by atoms with Crippen LogP contribution in [-0.2, 0) is 20.9 Å². The smallest absolute Gasteiger partial charge is 0.430 e. The highest BCUT2D eigenvalue weighted by molar-refractivity contribution is 5.86. The predicted molar refractivity (Wildman–Crippen MR) is 81.0 cm³/mol. The molecule has 0 saturated carbocycles. The van der Waals surface area contributed by atoms with Crippen molar-refractivity contribution in [3.05, 3.63) is 39.9 Å². The third-order valence-electron chi connectivity index (χ3n) is 3.80. The number of carbonyl (C=O) groups is 2. The number of benzene rings is 1. The number of β-lactam (4-membered cyclic amide) rings is 1. The monoisotopic (exact) mass is 338 g/mol. The molecule has 0 unspecified atom stereocenters. The van der Waals surface area contributed by atoms with E-state index in [0.29, 0.717) is 12.0 Å². The second-order valence-corrected chi connectivity index (χ2v) is 5.44. The van der Waals surface area contributed by atoms with Gasteiger partial charge in [-0.2, -0.15) is 0 Å². The lowest BCUT2D eigenvalue weighted by molar-refractivity contribution is -0.384. The quantitative estimate of drug-likeness (QED) is 0.330. The van der Waals surface area contributed by atoms with E-state index in [1.807, 2.05) is 0 Å². The first-order valence-corrected chi connectivity index (χ1v) is 7.40. The fourth-order valence-electron chi connectivity index (χ4n) is 2.50. The Morgan fingerprint density at radius 2 is 2.08 bits per heavy atom. The molecule has 2 N–H and O–H groups in total. The summed E-state index contributed by atoms with van der Waals surface area (Å²) < 4.78 is 10.0. The highest BCUT2D eigenvalue weighted by atomic mass is 16.7. The van der Waals surface area contributed by atoms with Crippen LogP contribution in [0.2, 0.25) is 0 Å². The van der Waals surface area contributed by atoms with Gasteiger partial charge in [-0.25, -0.2) is 4.79 Å². The van der Waals surface area contributed by atoms with Crippen LogP contribution in [0.1, 0.15) is 18.9 Å². The van der Waals surface area contributed by atoms with Gasteiger partial charge >= 0.3 is 6.16 Å². The molecule has 0 aliphatic carbocycles. The molecular formula is C15H18N2O7. The Balaban J connectivity index is 1.80. The topological polar surface area (TPSA) is 128 Å². The summed E-state index contributed by atoms with van der Waals surface area (Å²) in [5, 5.41) is 22.1. The van der Waals surface area contributed by atoms with Gasteiger partial charge in [0.1, 0.15) is 12.7 Å². The highest BCUT2D eigenvalue weighted by Crippen LogP contribution is 2.24. The first kappa shape index (κ1) is 17.7. The number of carbonyl (C=O) groups excluding carboxylic acids is 2. The number of nitro groups is 1. The van der Waals surface area contributed by atoms with Gasteiger partial charge in [0.05, 0.1) is 10.8 Å². The average molecular weight is 338 g/mol. The van der Waals surface area contributed by atoms with Crippen LogP contribution < -0.4 is 5.32 Å². The van der Waals surface area contributed by atoms with E-state index in [9.17, 15) is 19.7 Å². The van der Waals surface area contributed by atoms with Crippen LogP contribution in [0.15, 0.2) is 24.3 Å². The Bertz CT molecular complexity index is 617. The van der Waals surface area contributed by atoms with E-state index in [1.54, 1.807) is 6.92 Å². The molecule has 130 valence electrons. The van der Waals surface area contributed by atoms with Gasteiger partial charge < -0.3 is 19.9 Å². The molecule has 24 heavy (non-hydrogen) atoms. The van der Waals surface area contributed by atoms with Crippen molar-refractivity contribution < 1.29 is 29.1 Å². The second kappa shape index (κ2) is 7.73. The van der Waals surface area contributed by atoms with Gasteiger partial charge in [0.15, 0.2) is 0 Å². The number of nitrogens with one attached hydrogen (secondary N) is 1. The molecule has 9 heteroatoms. The number of amides is 1. The molecule has 0 bridgehead atoms. The Morgan fingerprint density at radius 3 is 2.62 bits per heavy atom. The summed E-state index contributed by atoms with van der Waals surface area (Å²) in [6, 6.07) is 5.35. The largest absolute Gasteiger partial charge is 0.508 e. The zero-order valence-electron chi connectivity index (χ0n) is 13.0. The number of non-ortho nitro benzene ring substituents is 1. The molecule has 0 radical (unpaired) electrons. The minimum Gasteiger partial charge on any atom is -0.430 e. The molecule has 1 aromatic carbocycles. The van der Waals surface area contributed by atoms with Crippen LogP contribution in [0, 0.1) is 16.0 Å². The number of nitrogens with zero attached hydrogens (tertiary/aromatic N) is 1. The predicted octanol–water partition coefficient (Wildman–Crippen LogP) is 1.13. The van der Waals surface area contributed by atoms with E-state index >= 15 is 0 Å². The van der Waals surface area contributed by atoms with Crippen molar-refractivity contribution in [2.45, 2.75) is 32.1 Å². The number of ether oxygens (including phenoxy) is 2. The first-order chi connectivity index (χ1) is 11.4. The van der Waals surface area contributed by atoms with Crippen LogP contribution in [-0.4, -0.2) is 40.8 Å². The van der Waals surface area contributed by atoms with Crippen molar-refractivity contribution in [3.63, 3.8) is 0 Å². The lowest BCUT2D eigenvalue weighted by atomic mass is 9.84.